The van der Waals surface area contributed by atoms with Gasteiger partial charge in [-0.1, -0.05) is 0 Å². The van der Waals surface area contributed by atoms with Gasteiger partial charge in [-0.3, -0.25) is 0 Å². The molecule has 1 aliphatic rings. The van der Waals surface area contributed by atoms with E-state index in [0.717, 1.165) is 19.6 Å². The Morgan fingerprint density at radius 1 is 1.75 bits per heavy atom. The van der Waals surface area contributed by atoms with Crippen molar-refractivity contribution in [2.24, 2.45) is 4.99 Å². The van der Waals surface area contributed by atoms with Gasteiger partial charge in [-0.25, -0.2) is 0 Å². The molecule has 0 radical (unpaired) electrons. The predicted octanol–water partition coefficient (Wildman–Crippen LogP) is -0.889. The van der Waals surface area contributed by atoms with Gasteiger partial charge in [0.15, 0.2) is 0 Å². The van der Waals surface area contributed by atoms with Crippen LogP contribution in [0.2, 0.25) is 0 Å². The van der Waals surface area contributed by atoms with Crippen LogP contribution < -0.4 is 5.32 Å². The van der Waals surface area contributed by atoms with Crippen molar-refractivity contribution in [1.29, 1.82) is 5.26 Å². The maximum absolute atomic E-state index is 8.59. The van der Waals surface area contributed by atoms with Crippen molar-refractivity contribution < 1.29 is 5.11 Å². The molecule has 1 aliphatic heterocycles. The van der Waals surface area contributed by atoms with Gasteiger partial charge in [0.25, 0.3) is 0 Å². The van der Waals surface area contributed by atoms with Crippen molar-refractivity contribution in [2.45, 2.75) is 6.42 Å². The number of nitrogens with one attached hydrogen (secondary N) is 1. The molecule has 1 fully saturated rings. The van der Waals surface area contributed by atoms with Crippen LogP contribution in [0.4, 0.5) is 0 Å². The first kappa shape index (κ1) is 8.81. The van der Waals surface area contributed by atoms with E-state index < -0.39 is 0 Å². The molecule has 5 heteroatoms. The Balaban J connectivity index is 2.42. The van der Waals surface area contributed by atoms with Crippen LogP contribution in [0.3, 0.4) is 0 Å². The van der Waals surface area contributed by atoms with Gasteiger partial charge in [0.2, 0.25) is 12.2 Å². The van der Waals surface area contributed by atoms with Crippen molar-refractivity contribution in [3.8, 4) is 6.19 Å². The van der Waals surface area contributed by atoms with Crippen LogP contribution in [0, 0.1) is 11.5 Å². The van der Waals surface area contributed by atoms with Gasteiger partial charge < -0.3 is 15.3 Å². The molecule has 0 spiro atoms. The average Bonchev–Trinajstić information content (AvgIpc) is 2.50. The van der Waals surface area contributed by atoms with E-state index in [1.165, 1.54) is 0 Å². The minimum Gasteiger partial charge on any atom is -0.396 e. The molecule has 12 heavy (non-hydrogen) atoms. The number of nitriles is 1. The van der Waals surface area contributed by atoms with E-state index in [2.05, 4.69) is 10.3 Å². The van der Waals surface area contributed by atoms with Crippen molar-refractivity contribution >= 4 is 5.96 Å². The molecule has 0 aromatic carbocycles. The lowest BCUT2D eigenvalue weighted by Crippen LogP contribution is -2.31. The summed E-state index contributed by atoms with van der Waals surface area (Å²) in [7, 11) is 0. The van der Waals surface area contributed by atoms with E-state index in [-0.39, 0.29) is 6.61 Å². The molecule has 0 bridgehead atoms. The van der Waals surface area contributed by atoms with Crippen LogP contribution in [0.15, 0.2) is 4.99 Å². The summed E-state index contributed by atoms with van der Waals surface area (Å²) < 4.78 is 0. The highest BCUT2D eigenvalue weighted by molar-refractivity contribution is 5.82. The Labute approximate surface area is 71.3 Å². The summed E-state index contributed by atoms with van der Waals surface area (Å²) in [5.41, 5.74) is 0. The maximum Gasteiger partial charge on any atom is 0.210 e. The van der Waals surface area contributed by atoms with Gasteiger partial charge >= 0.3 is 0 Å². The van der Waals surface area contributed by atoms with E-state index in [9.17, 15) is 0 Å². The van der Waals surface area contributed by atoms with Crippen molar-refractivity contribution in [1.82, 2.24) is 10.2 Å². The molecule has 1 heterocycles. The first-order valence-corrected chi connectivity index (χ1v) is 3.95. The zero-order chi connectivity index (χ0) is 8.81. The zero-order valence-electron chi connectivity index (χ0n) is 6.82. The zero-order valence-corrected chi connectivity index (χ0v) is 6.82. The Bertz CT molecular complexity index is 208. The van der Waals surface area contributed by atoms with E-state index in [0.29, 0.717) is 12.4 Å². The van der Waals surface area contributed by atoms with Gasteiger partial charge in [0, 0.05) is 26.2 Å². The third-order valence-corrected chi connectivity index (χ3v) is 1.71. The second kappa shape index (κ2) is 4.57. The maximum atomic E-state index is 8.59. The number of aliphatic hydroxyl groups excluding tert-OH is 1. The molecule has 0 aromatic rings. The van der Waals surface area contributed by atoms with Gasteiger partial charge in [0.1, 0.15) is 0 Å². The van der Waals surface area contributed by atoms with Crippen LogP contribution in [0.5, 0.6) is 0 Å². The predicted molar refractivity (Wildman–Crippen MR) is 44.3 cm³/mol. The van der Waals surface area contributed by atoms with Gasteiger partial charge in [0.05, 0.1) is 0 Å². The SMILES string of the molecule is N#C/N=C1\NCCN1CCCO. The number of hydrogen-bond acceptors (Lipinski definition) is 3. The van der Waals surface area contributed by atoms with Crippen molar-refractivity contribution in [3.63, 3.8) is 0 Å². The Morgan fingerprint density at radius 3 is 3.25 bits per heavy atom. The molecule has 0 aromatic heterocycles. The first-order chi connectivity index (χ1) is 5.88. The van der Waals surface area contributed by atoms with E-state index in [4.69, 9.17) is 10.4 Å². The standard InChI is InChI=1S/C7H12N4O/c8-6-10-7-9-2-4-11(7)3-1-5-12/h12H,1-5H2,(H,9,10). The topological polar surface area (TPSA) is 71.7 Å². The summed E-state index contributed by atoms with van der Waals surface area (Å²) in [6.07, 6.45) is 2.45. The summed E-state index contributed by atoms with van der Waals surface area (Å²) in [6, 6.07) is 0. The fourth-order valence-corrected chi connectivity index (χ4v) is 1.16. The molecule has 1 saturated heterocycles. The number of guanidine groups is 1. The summed E-state index contributed by atoms with van der Waals surface area (Å²) in [5.74, 6) is 0.631. The minimum atomic E-state index is 0.177. The van der Waals surface area contributed by atoms with Crippen LogP contribution in [0.1, 0.15) is 6.42 Å². The number of rotatable bonds is 3. The quantitative estimate of drug-likeness (QED) is 0.536. The normalized spacial score (nSPS) is 19.3. The van der Waals surface area contributed by atoms with E-state index >= 15 is 0 Å². The number of aliphatic hydroxyl groups is 1. The summed E-state index contributed by atoms with van der Waals surface area (Å²) in [4.78, 5) is 5.57. The molecule has 0 amide bonds. The largest absolute Gasteiger partial charge is 0.396 e. The smallest absolute Gasteiger partial charge is 0.210 e. The third kappa shape index (κ3) is 2.10. The lowest BCUT2D eigenvalue weighted by molar-refractivity contribution is 0.271. The highest BCUT2D eigenvalue weighted by atomic mass is 16.3. The van der Waals surface area contributed by atoms with E-state index in [1.807, 2.05) is 4.90 Å². The van der Waals surface area contributed by atoms with Crippen LogP contribution >= 0.6 is 0 Å². The molecule has 1 rings (SSSR count). The summed E-state index contributed by atoms with van der Waals surface area (Å²) >= 11 is 0. The molecule has 0 aliphatic carbocycles. The monoisotopic (exact) mass is 168 g/mol. The van der Waals surface area contributed by atoms with Gasteiger partial charge in [-0.2, -0.15) is 5.26 Å². The fourth-order valence-electron chi connectivity index (χ4n) is 1.16. The van der Waals surface area contributed by atoms with E-state index in [1.54, 1.807) is 6.19 Å². The first-order valence-electron chi connectivity index (χ1n) is 3.95. The molecular weight excluding hydrogens is 156 g/mol. The lowest BCUT2D eigenvalue weighted by Gasteiger charge is -2.14. The van der Waals surface area contributed by atoms with Gasteiger partial charge in [-0.05, 0) is 6.42 Å². The molecule has 5 nitrogen and oxygen atoms in total. The molecule has 2 N–H and O–H groups in total. The number of aliphatic imine (C=N–C) groups is 1. The lowest BCUT2D eigenvalue weighted by atomic mass is 10.4. The van der Waals surface area contributed by atoms with Crippen molar-refractivity contribution in [3.05, 3.63) is 0 Å². The minimum absolute atomic E-state index is 0.177. The molecule has 66 valence electrons. The highest BCUT2D eigenvalue weighted by Crippen LogP contribution is 1.97. The highest BCUT2D eigenvalue weighted by Gasteiger charge is 2.16. The molecular formula is C7H12N4O. The summed E-state index contributed by atoms with van der Waals surface area (Å²) in [5, 5.41) is 19.9. The van der Waals surface area contributed by atoms with Crippen LogP contribution in [-0.2, 0) is 0 Å². The third-order valence-electron chi connectivity index (χ3n) is 1.71. The second-order valence-corrected chi connectivity index (χ2v) is 2.53. The second-order valence-electron chi connectivity index (χ2n) is 2.53. The molecule has 0 saturated carbocycles. The number of nitrogens with zero attached hydrogens (tertiary/aromatic N) is 3. The van der Waals surface area contributed by atoms with Crippen molar-refractivity contribution in [2.75, 3.05) is 26.2 Å². The Hall–Kier alpha value is -1.28. The summed E-state index contributed by atoms with van der Waals surface area (Å²) in [6.45, 7) is 2.62. The molecule has 0 atom stereocenters. The average molecular weight is 168 g/mol. The van der Waals surface area contributed by atoms with Gasteiger partial charge in [-0.15, -0.1) is 4.99 Å². The fraction of sp³-hybridized carbons (Fsp3) is 0.714. The number of hydrogen-bond donors (Lipinski definition) is 2. The Morgan fingerprint density at radius 2 is 2.58 bits per heavy atom. The van der Waals surface area contributed by atoms with Crippen LogP contribution in [0.25, 0.3) is 0 Å². The molecule has 0 unspecified atom stereocenters. The van der Waals surface area contributed by atoms with Crippen LogP contribution in [-0.4, -0.2) is 42.2 Å². The Kier molecular flexibility index (Phi) is 3.35.